The Morgan fingerprint density at radius 1 is 1.31 bits per heavy atom. The first-order valence-corrected chi connectivity index (χ1v) is 7.20. The number of benzene rings is 1. The molecule has 0 unspecified atom stereocenters. The van der Waals surface area contributed by atoms with Crippen molar-refractivity contribution < 1.29 is 16.8 Å². The van der Waals surface area contributed by atoms with Crippen molar-refractivity contribution in [2.45, 2.75) is 4.90 Å². The van der Waals surface area contributed by atoms with E-state index in [9.17, 15) is 16.8 Å². The van der Waals surface area contributed by atoms with Crippen LogP contribution in [-0.2, 0) is 20.2 Å². The number of nitrogens with two attached hydrogens (primary N) is 1. The summed E-state index contributed by atoms with van der Waals surface area (Å²) in [6, 6.07) is 5.75. The van der Waals surface area contributed by atoms with Gasteiger partial charge < -0.3 is 0 Å². The Hall–Kier alpha value is -1.16. The lowest BCUT2D eigenvalue weighted by Crippen LogP contribution is -2.48. The third kappa shape index (κ3) is 1.78. The predicted octanol–water partition coefficient (Wildman–Crippen LogP) is -1.05. The van der Waals surface area contributed by atoms with Gasteiger partial charge >= 0.3 is 0 Å². The van der Waals surface area contributed by atoms with Gasteiger partial charge in [-0.3, -0.25) is 0 Å². The number of nitrogens with zero attached hydrogens (tertiary/aromatic N) is 1. The molecule has 1 aliphatic rings. The largest absolute Gasteiger partial charge is 0.300 e. The smallest absolute Gasteiger partial charge is 0.242 e. The maximum absolute atomic E-state index is 11.6. The highest BCUT2D eigenvalue weighted by atomic mass is 32.2. The third-order valence-corrected chi connectivity index (χ3v) is 4.50. The van der Waals surface area contributed by atoms with Gasteiger partial charge in [0.2, 0.25) is 10.0 Å². The number of para-hydroxylation sites is 1. The van der Waals surface area contributed by atoms with Gasteiger partial charge in [-0.25, -0.2) is 17.9 Å². The van der Waals surface area contributed by atoms with Crippen LogP contribution in [0.5, 0.6) is 0 Å². The van der Waals surface area contributed by atoms with Crippen LogP contribution < -0.4 is 14.2 Å². The van der Waals surface area contributed by atoms with E-state index in [0.29, 0.717) is 0 Å². The molecule has 9 heteroatoms. The van der Waals surface area contributed by atoms with E-state index in [-0.39, 0.29) is 10.6 Å². The van der Waals surface area contributed by atoms with Crippen LogP contribution in [0.25, 0.3) is 0 Å². The van der Waals surface area contributed by atoms with Gasteiger partial charge in [-0.05, 0) is 12.1 Å². The molecule has 0 radical (unpaired) electrons. The van der Waals surface area contributed by atoms with Crippen molar-refractivity contribution >= 4 is 25.9 Å². The molecule has 1 aliphatic heterocycles. The van der Waals surface area contributed by atoms with Gasteiger partial charge in [-0.2, -0.15) is 13.1 Å². The molecule has 3 N–H and O–H groups in total. The molecule has 0 amide bonds. The second kappa shape index (κ2) is 3.42. The van der Waals surface area contributed by atoms with Crippen molar-refractivity contribution in [2.24, 2.45) is 5.14 Å². The molecule has 1 heterocycles. The number of anilines is 1. The number of rotatable bonds is 1. The number of hydrogen-bond donors (Lipinski definition) is 2. The van der Waals surface area contributed by atoms with E-state index in [1.807, 2.05) is 0 Å². The van der Waals surface area contributed by atoms with Crippen molar-refractivity contribution in [3.05, 3.63) is 24.3 Å². The maximum Gasteiger partial charge on any atom is 0.300 e. The molecule has 0 bridgehead atoms. The van der Waals surface area contributed by atoms with Crippen molar-refractivity contribution in [1.82, 2.24) is 4.72 Å². The third-order valence-electron chi connectivity index (χ3n) is 2.13. The summed E-state index contributed by atoms with van der Waals surface area (Å²) in [5.74, 6) is 0. The summed E-state index contributed by atoms with van der Waals surface area (Å²) in [5.41, 5.74) is 0.0590. The fraction of sp³-hybridized carbons (Fsp3) is 0.143. The van der Waals surface area contributed by atoms with Gasteiger partial charge in [0.05, 0.1) is 12.4 Å². The number of nitrogens with one attached hydrogen (secondary N) is 1. The van der Waals surface area contributed by atoms with Crippen LogP contribution in [0.4, 0.5) is 5.69 Å². The van der Waals surface area contributed by atoms with E-state index in [2.05, 4.69) is 4.72 Å². The monoisotopic (exact) mass is 263 g/mol. The molecule has 0 aliphatic carbocycles. The van der Waals surface area contributed by atoms with Crippen LogP contribution in [0.15, 0.2) is 29.2 Å². The standard InChI is InChI=1S/C7H9N3O4S2/c8-16(13,14)10-5-9-15(11,12)7-4-2-1-3-6(7)10/h1-4,9H,5H2,(H2,8,13,14). The Labute approximate surface area is 93.1 Å². The summed E-state index contributed by atoms with van der Waals surface area (Å²) < 4.78 is 48.5. The molecule has 7 nitrogen and oxygen atoms in total. The average molecular weight is 263 g/mol. The first-order chi connectivity index (χ1) is 7.32. The minimum Gasteiger partial charge on any atom is -0.242 e. The van der Waals surface area contributed by atoms with Crippen molar-refractivity contribution in [1.29, 1.82) is 0 Å². The minimum absolute atomic E-state index is 0.0590. The van der Waals surface area contributed by atoms with E-state index in [4.69, 9.17) is 5.14 Å². The highest BCUT2D eigenvalue weighted by molar-refractivity contribution is 7.92. The molecule has 0 fully saturated rings. The van der Waals surface area contributed by atoms with Crippen molar-refractivity contribution in [2.75, 3.05) is 11.0 Å². The van der Waals surface area contributed by atoms with Crippen LogP contribution in [0.1, 0.15) is 0 Å². The zero-order valence-corrected chi connectivity index (χ0v) is 9.62. The van der Waals surface area contributed by atoms with E-state index in [1.165, 1.54) is 24.3 Å². The Bertz CT molecular complexity index is 623. The molecule has 0 aromatic heterocycles. The molecule has 1 aromatic rings. The van der Waals surface area contributed by atoms with Crippen molar-refractivity contribution in [3.63, 3.8) is 0 Å². The summed E-state index contributed by atoms with van der Waals surface area (Å²) in [7, 11) is -7.63. The Kier molecular flexibility index (Phi) is 2.42. The first-order valence-electron chi connectivity index (χ1n) is 4.21. The number of fused-ring (bicyclic) bond motifs is 1. The summed E-state index contributed by atoms with van der Waals surface area (Å²) in [6.45, 7) is -0.391. The van der Waals surface area contributed by atoms with E-state index in [1.54, 1.807) is 0 Å². The topological polar surface area (TPSA) is 110 Å². The zero-order chi connectivity index (χ0) is 12.0. The molecule has 0 spiro atoms. The van der Waals surface area contributed by atoms with Crippen LogP contribution in [0.3, 0.4) is 0 Å². The summed E-state index contributed by atoms with van der Waals surface area (Å²) in [4.78, 5) is -0.102. The van der Waals surface area contributed by atoms with Gasteiger partial charge in [-0.15, -0.1) is 0 Å². The van der Waals surface area contributed by atoms with Crippen LogP contribution in [0.2, 0.25) is 0 Å². The highest BCUT2D eigenvalue weighted by Gasteiger charge is 2.32. The normalized spacial score (nSPS) is 19.2. The quantitative estimate of drug-likeness (QED) is 0.673. The fourth-order valence-corrected chi connectivity index (χ4v) is 3.41. The van der Waals surface area contributed by atoms with Gasteiger partial charge in [0.25, 0.3) is 10.2 Å². The second-order valence-corrected chi connectivity index (χ2v) is 6.37. The average Bonchev–Trinajstić information content (AvgIpc) is 2.16. The minimum atomic E-state index is -3.98. The van der Waals surface area contributed by atoms with Gasteiger partial charge in [-0.1, -0.05) is 12.1 Å². The number of hydrogen-bond acceptors (Lipinski definition) is 4. The van der Waals surface area contributed by atoms with Crippen LogP contribution in [-0.4, -0.2) is 23.5 Å². The van der Waals surface area contributed by atoms with E-state index < -0.39 is 26.9 Å². The van der Waals surface area contributed by atoms with Crippen LogP contribution in [0, 0.1) is 0 Å². The molecular weight excluding hydrogens is 254 g/mol. The summed E-state index contributed by atoms with van der Waals surface area (Å²) >= 11 is 0. The van der Waals surface area contributed by atoms with E-state index in [0.717, 1.165) is 4.31 Å². The number of sulfonamides is 1. The highest BCUT2D eigenvalue weighted by Crippen LogP contribution is 2.28. The molecule has 16 heavy (non-hydrogen) atoms. The predicted molar refractivity (Wildman–Crippen MR) is 57.2 cm³/mol. The first kappa shape index (κ1) is 11.3. The molecule has 0 atom stereocenters. The lowest BCUT2D eigenvalue weighted by molar-refractivity contribution is 0.571. The zero-order valence-electron chi connectivity index (χ0n) is 7.99. The SMILES string of the molecule is NS(=O)(=O)N1CNS(=O)(=O)c2ccccc21. The van der Waals surface area contributed by atoms with Gasteiger partial charge in [0.15, 0.2) is 0 Å². The summed E-state index contributed by atoms with van der Waals surface area (Å²) in [5, 5.41) is 4.98. The molecule has 0 saturated heterocycles. The Morgan fingerprint density at radius 2 is 1.94 bits per heavy atom. The van der Waals surface area contributed by atoms with E-state index >= 15 is 0 Å². The molecule has 88 valence electrons. The maximum atomic E-state index is 11.6. The molecule has 2 rings (SSSR count). The Morgan fingerprint density at radius 3 is 2.56 bits per heavy atom. The lowest BCUT2D eigenvalue weighted by Gasteiger charge is -2.28. The second-order valence-electron chi connectivity index (χ2n) is 3.17. The lowest BCUT2D eigenvalue weighted by atomic mass is 10.3. The van der Waals surface area contributed by atoms with Crippen LogP contribution >= 0.6 is 0 Å². The van der Waals surface area contributed by atoms with Crippen molar-refractivity contribution in [3.8, 4) is 0 Å². The molecule has 0 saturated carbocycles. The fourth-order valence-electron chi connectivity index (χ4n) is 1.42. The van der Waals surface area contributed by atoms with Gasteiger partial charge in [0, 0.05) is 0 Å². The molecular formula is C7H9N3O4S2. The summed E-state index contributed by atoms with van der Waals surface area (Å²) in [6.07, 6.45) is 0. The van der Waals surface area contributed by atoms with Gasteiger partial charge in [0.1, 0.15) is 4.90 Å². The molecule has 1 aromatic carbocycles. The Balaban J connectivity index is 2.70.